The van der Waals surface area contributed by atoms with Crippen LogP contribution in [0, 0.1) is 0 Å². The average Bonchev–Trinajstić information content (AvgIpc) is 2.57. The van der Waals surface area contributed by atoms with Gasteiger partial charge in [0.25, 0.3) is 0 Å². The van der Waals surface area contributed by atoms with E-state index in [2.05, 4.69) is 6.92 Å². The summed E-state index contributed by atoms with van der Waals surface area (Å²) >= 11 is 0. The van der Waals surface area contributed by atoms with E-state index < -0.39 is 0 Å². The molecular weight excluding hydrogens is 298 g/mol. The SMILES string of the molecule is CCCCCCCOCCOCCOCCOCCOCCN. The highest BCUT2D eigenvalue weighted by Crippen LogP contribution is 2.02. The Morgan fingerprint density at radius 1 is 0.478 bits per heavy atom. The van der Waals surface area contributed by atoms with Crippen LogP contribution < -0.4 is 5.73 Å². The molecule has 0 aliphatic heterocycles. The topological polar surface area (TPSA) is 72.2 Å². The highest BCUT2D eigenvalue weighted by Gasteiger charge is 1.94. The minimum absolute atomic E-state index is 0.549. The number of hydrogen-bond donors (Lipinski definition) is 1. The number of rotatable bonds is 20. The van der Waals surface area contributed by atoms with Crippen molar-refractivity contribution in [3.63, 3.8) is 0 Å². The molecule has 0 spiro atoms. The first-order valence-electron chi connectivity index (χ1n) is 9.00. The lowest BCUT2D eigenvalue weighted by molar-refractivity contribution is -0.0107. The summed E-state index contributed by atoms with van der Waals surface area (Å²) in [6, 6.07) is 0. The van der Waals surface area contributed by atoms with E-state index in [9.17, 15) is 0 Å². The molecule has 6 nitrogen and oxygen atoms in total. The molecule has 0 aromatic carbocycles. The van der Waals surface area contributed by atoms with Crippen molar-refractivity contribution < 1.29 is 23.7 Å². The smallest absolute Gasteiger partial charge is 0.0701 e. The average molecular weight is 335 g/mol. The van der Waals surface area contributed by atoms with Gasteiger partial charge in [0.05, 0.1) is 59.5 Å². The number of unbranched alkanes of at least 4 members (excludes halogenated alkanes) is 4. The van der Waals surface area contributed by atoms with Crippen molar-refractivity contribution in [1.29, 1.82) is 0 Å². The third-order valence-electron chi connectivity index (χ3n) is 3.14. The Balaban J connectivity index is 2.92. The molecule has 0 saturated carbocycles. The Labute approximate surface area is 141 Å². The largest absolute Gasteiger partial charge is 0.379 e. The van der Waals surface area contributed by atoms with Gasteiger partial charge in [-0.1, -0.05) is 32.6 Å². The Hall–Kier alpha value is -0.240. The first-order valence-corrected chi connectivity index (χ1v) is 9.00. The van der Waals surface area contributed by atoms with Gasteiger partial charge in [0.15, 0.2) is 0 Å². The first kappa shape index (κ1) is 22.8. The fraction of sp³-hybridized carbons (Fsp3) is 1.00. The van der Waals surface area contributed by atoms with Crippen LogP contribution in [0.2, 0.25) is 0 Å². The zero-order valence-electron chi connectivity index (χ0n) is 14.9. The van der Waals surface area contributed by atoms with Gasteiger partial charge in [-0.2, -0.15) is 0 Å². The second-order valence-electron chi connectivity index (χ2n) is 5.26. The maximum atomic E-state index is 5.51. The van der Waals surface area contributed by atoms with Crippen molar-refractivity contribution in [2.75, 3.05) is 72.6 Å². The number of ether oxygens (including phenoxy) is 5. The van der Waals surface area contributed by atoms with Crippen molar-refractivity contribution in [3.05, 3.63) is 0 Å². The van der Waals surface area contributed by atoms with Crippen molar-refractivity contribution in [2.45, 2.75) is 39.0 Å². The van der Waals surface area contributed by atoms with E-state index in [-0.39, 0.29) is 0 Å². The molecule has 2 N–H and O–H groups in total. The summed E-state index contributed by atoms with van der Waals surface area (Å²) in [5, 5.41) is 0. The summed E-state index contributed by atoms with van der Waals surface area (Å²) in [6.45, 7) is 9.00. The van der Waals surface area contributed by atoms with Gasteiger partial charge in [0.2, 0.25) is 0 Å². The minimum atomic E-state index is 0.549. The van der Waals surface area contributed by atoms with Crippen LogP contribution in [0.25, 0.3) is 0 Å². The van der Waals surface area contributed by atoms with E-state index in [1.807, 2.05) is 0 Å². The standard InChI is InChI=1S/C17H37NO5/c1-2-3-4-5-6-8-19-10-12-21-14-16-23-17-15-22-13-11-20-9-7-18/h2-18H2,1H3. The maximum Gasteiger partial charge on any atom is 0.0701 e. The fourth-order valence-electron chi connectivity index (χ4n) is 1.87. The number of nitrogens with two attached hydrogens (primary N) is 1. The molecule has 0 bridgehead atoms. The van der Waals surface area contributed by atoms with E-state index >= 15 is 0 Å². The zero-order chi connectivity index (χ0) is 16.8. The summed E-state index contributed by atoms with van der Waals surface area (Å²) in [6.07, 6.45) is 6.35. The van der Waals surface area contributed by atoms with Crippen LogP contribution in [0.5, 0.6) is 0 Å². The van der Waals surface area contributed by atoms with Crippen LogP contribution in [0.4, 0.5) is 0 Å². The Morgan fingerprint density at radius 3 is 1.30 bits per heavy atom. The van der Waals surface area contributed by atoms with E-state index in [1.54, 1.807) is 0 Å². The summed E-state index contributed by atoms with van der Waals surface area (Å²) in [5.41, 5.74) is 5.30. The Bertz CT molecular complexity index is 187. The van der Waals surface area contributed by atoms with Crippen LogP contribution >= 0.6 is 0 Å². The Morgan fingerprint density at radius 2 is 0.870 bits per heavy atom. The molecule has 0 saturated heterocycles. The predicted molar refractivity (Wildman–Crippen MR) is 91.9 cm³/mol. The summed E-state index contributed by atoms with van der Waals surface area (Å²) in [4.78, 5) is 0. The molecule has 0 heterocycles. The molecule has 0 unspecified atom stereocenters. The fourth-order valence-corrected chi connectivity index (χ4v) is 1.87. The van der Waals surface area contributed by atoms with E-state index in [1.165, 1.54) is 25.7 Å². The van der Waals surface area contributed by atoms with Gasteiger partial charge in [0.1, 0.15) is 0 Å². The molecule has 6 heteroatoms. The first-order chi connectivity index (χ1) is 11.4. The van der Waals surface area contributed by atoms with Gasteiger partial charge < -0.3 is 29.4 Å². The molecule has 0 aromatic heterocycles. The second kappa shape index (κ2) is 21.8. The van der Waals surface area contributed by atoms with Gasteiger partial charge in [-0.3, -0.25) is 0 Å². The molecule has 0 atom stereocenters. The summed E-state index contributed by atoms with van der Waals surface area (Å²) < 4.78 is 26.8. The summed E-state index contributed by atoms with van der Waals surface area (Å²) in [5.74, 6) is 0. The third-order valence-corrected chi connectivity index (χ3v) is 3.14. The molecule has 0 rings (SSSR count). The lowest BCUT2D eigenvalue weighted by Crippen LogP contribution is -2.14. The molecule has 0 radical (unpaired) electrons. The van der Waals surface area contributed by atoms with Crippen LogP contribution in [0.1, 0.15) is 39.0 Å². The molecule has 0 fully saturated rings. The molecule has 0 aromatic rings. The second-order valence-corrected chi connectivity index (χ2v) is 5.26. The van der Waals surface area contributed by atoms with Crippen molar-refractivity contribution >= 4 is 0 Å². The van der Waals surface area contributed by atoms with Gasteiger partial charge in [-0.25, -0.2) is 0 Å². The van der Waals surface area contributed by atoms with Crippen LogP contribution in [0.3, 0.4) is 0 Å². The van der Waals surface area contributed by atoms with Gasteiger partial charge >= 0.3 is 0 Å². The quantitative estimate of drug-likeness (QED) is 0.343. The van der Waals surface area contributed by atoms with Gasteiger partial charge in [-0.05, 0) is 6.42 Å². The lowest BCUT2D eigenvalue weighted by Gasteiger charge is -2.07. The monoisotopic (exact) mass is 335 g/mol. The van der Waals surface area contributed by atoms with Crippen molar-refractivity contribution in [2.24, 2.45) is 5.73 Å². The lowest BCUT2D eigenvalue weighted by atomic mass is 10.2. The van der Waals surface area contributed by atoms with Gasteiger partial charge in [-0.15, -0.1) is 0 Å². The molecule has 0 amide bonds. The molecule has 140 valence electrons. The summed E-state index contributed by atoms with van der Waals surface area (Å²) in [7, 11) is 0. The van der Waals surface area contributed by atoms with Crippen LogP contribution in [-0.2, 0) is 23.7 Å². The van der Waals surface area contributed by atoms with Crippen LogP contribution in [0.15, 0.2) is 0 Å². The number of hydrogen-bond acceptors (Lipinski definition) is 6. The van der Waals surface area contributed by atoms with E-state index in [4.69, 9.17) is 29.4 Å². The molecule has 0 aliphatic rings. The third kappa shape index (κ3) is 21.8. The highest BCUT2D eigenvalue weighted by molar-refractivity contribution is 4.42. The molecule has 23 heavy (non-hydrogen) atoms. The van der Waals surface area contributed by atoms with E-state index in [0.29, 0.717) is 66.0 Å². The Kier molecular flexibility index (Phi) is 21.5. The zero-order valence-corrected chi connectivity index (χ0v) is 14.9. The minimum Gasteiger partial charge on any atom is -0.379 e. The molecular formula is C17H37NO5. The maximum absolute atomic E-state index is 5.51. The van der Waals surface area contributed by atoms with Gasteiger partial charge in [0, 0.05) is 13.2 Å². The van der Waals surface area contributed by atoms with Crippen LogP contribution in [-0.4, -0.2) is 72.6 Å². The van der Waals surface area contributed by atoms with Crippen molar-refractivity contribution in [3.8, 4) is 0 Å². The predicted octanol–water partition coefficient (Wildman–Crippen LogP) is 2.00. The normalized spacial score (nSPS) is 11.2. The highest BCUT2D eigenvalue weighted by atomic mass is 16.6. The van der Waals surface area contributed by atoms with Crippen molar-refractivity contribution in [1.82, 2.24) is 0 Å². The molecule has 0 aliphatic carbocycles. The van der Waals surface area contributed by atoms with E-state index in [0.717, 1.165) is 13.0 Å².